The molecule has 156 valence electrons. The minimum Gasteiger partial charge on any atom is -0.352 e. The van der Waals surface area contributed by atoms with Gasteiger partial charge in [0.25, 0.3) is 0 Å². The molecule has 28 heavy (non-hydrogen) atoms. The number of hydrogen-bond donors (Lipinski definition) is 1. The summed E-state index contributed by atoms with van der Waals surface area (Å²) in [7, 11) is -3.46. The van der Waals surface area contributed by atoms with Crippen LogP contribution in [-0.4, -0.2) is 48.5 Å². The van der Waals surface area contributed by atoms with Crippen LogP contribution in [0.2, 0.25) is 0 Å². The number of nitrogens with zero attached hydrogens (tertiary/aromatic N) is 2. The molecule has 1 aliphatic heterocycles. The molecule has 2 fully saturated rings. The highest BCUT2D eigenvalue weighted by Crippen LogP contribution is 2.29. The number of carbonyl (C=O) groups excluding carboxylic acids is 1. The number of amides is 1. The highest BCUT2D eigenvalue weighted by molar-refractivity contribution is 7.99. The van der Waals surface area contributed by atoms with Gasteiger partial charge in [-0.15, -0.1) is 0 Å². The van der Waals surface area contributed by atoms with Gasteiger partial charge in [0.1, 0.15) is 4.90 Å². The Kier molecular flexibility index (Phi) is 7.39. The van der Waals surface area contributed by atoms with E-state index in [1.807, 2.05) is 0 Å². The average Bonchev–Trinajstić information content (AvgIpc) is 2.71. The summed E-state index contributed by atoms with van der Waals surface area (Å²) in [5.74, 6) is 1.45. The molecule has 1 aromatic heterocycles. The molecule has 0 radical (unpaired) electrons. The smallest absolute Gasteiger partial charge is 0.244 e. The quantitative estimate of drug-likeness (QED) is 0.708. The Balaban J connectivity index is 1.52. The van der Waals surface area contributed by atoms with Crippen LogP contribution < -0.4 is 5.32 Å². The third-order valence-corrected chi connectivity index (χ3v) is 8.89. The molecule has 3 rings (SSSR count). The van der Waals surface area contributed by atoms with Gasteiger partial charge in [-0.3, -0.25) is 4.79 Å². The number of piperidine rings is 1. The van der Waals surface area contributed by atoms with Crippen LogP contribution in [0.5, 0.6) is 0 Å². The molecule has 0 spiro atoms. The van der Waals surface area contributed by atoms with E-state index in [1.54, 1.807) is 16.4 Å². The summed E-state index contributed by atoms with van der Waals surface area (Å²) in [6, 6.07) is 3.55. The Morgan fingerprint density at radius 2 is 1.93 bits per heavy atom. The number of thioether (sulfide) groups is 1. The minimum atomic E-state index is -3.46. The SMILES string of the molecule is C[C@@H]1[C@H](C)CCC[C@@H]1NC(=O)CSc1ccc(S(=O)(=O)N2CCCCC2)cn1. The molecule has 8 heteroatoms. The molecule has 1 amide bonds. The van der Waals surface area contributed by atoms with Gasteiger partial charge in [0.05, 0.1) is 10.8 Å². The average molecular weight is 426 g/mol. The lowest BCUT2D eigenvalue weighted by Crippen LogP contribution is -2.44. The molecule has 1 aromatic rings. The van der Waals surface area contributed by atoms with E-state index < -0.39 is 10.0 Å². The zero-order valence-corrected chi connectivity index (χ0v) is 18.4. The van der Waals surface area contributed by atoms with Gasteiger partial charge in [-0.25, -0.2) is 13.4 Å². The number of rotatable bonds is 6. The number of nitrogens with one attached hydrogen (secondary N) is 1. The predicted molar refractivity (Wildman–Crippen MR) is 112 cm³/mol. The standard InChI is InChI=1S/C20H31N3O3S2/c1-15-7-6-8-18(16(15)2)22-19(24)14-27-20-10-9-17(13-21-20)28(25,26)23-11-4-3-5-12-23/h9-10,13,15-16,18H,3-8,11-12,14H2,1-2H3,(H,22,24)/t15-,16-,18+/m1/s1. The molecule has 1 aliphatic carbocycles. The van der Waals surface area contributed by atoms with E-state index in [0.29, 0.717) is 35.7 Å². The van der Waals surface area contributed by atoms with Crippen LogP contribution in [0.3, 0.4) is 0 Å². The van der Waals surface area contributed by atoms with E-state index in [0.717, 1.165) is 32.1 Å². The van der Waals surface area contributed by atoms with Crippen LogP contribution in [-0.2, 0) is 14.8 Å². The van der Waals surface area contributed by atoms with E-state index in [-0.39, 0.29) is 16.8 Å². The van der Waals surface area contributed by atoms with Crippen molar-refractivity contribution >= 4 is 27.7 Å². The zero-order valence-electron chi connectivity index (χ0n) is 16.8. The third-order valence-electron chi connectivity index (χ3n) is 6.07. The summed E-state index contributed by atoms with van der Waals surface area (Å²) in [6.07, 6.45) is 7.76. The molecular weight excluding hydrogens is 394 g/mol. The maximum atomic E-state index is 12.7. The summed E-state index contributed by atoms with van der Waals surface area (Å²) >= 11 is 1.34. The number of pyridine rings is 1. The third kappa shape index (κ3) is 5.27. The lowest BCUT2D eigenvalue weighted by molar-refractivity contribution is -0.120. The fourth-order valence-corrected chi connectivity index (χ4v) is 6.15. The summed E-state index contributed by atoms with van der Waals surface area (Å²) in [6.45, 7) is 5.63. The Hall–Kier alpha value is -1.12. The highest BCUT2D eigenvalue weighted by atomic mass is 32.2. The van der Waals surface area contributed by atoms with Crippen molar-refractivity contribution in [1.29, 1.82) is 0 Å². The van der Waals surface area contributed by atoms with Crippen molar-refractivity contribution in [2.45, 2.75) is 68.3 Å². The van der Waals surface area contributed by atoms with E-state index in [9.17, 15) is 13.2 Å². The largest absolute Gasteiger partial charge is 0.352 e. The van der Waals surface area contributed by atoms with Gasteiger partial charge >= 0.3 is 0 Å². The first-order valence-electron chi connectivity index (χ1n) is 10.3. The first-order valence-corrected chi connectivity index (χ1v) is 12.7. The molecule has 6 nitrogen and oxygen atoms in total. The van der Waals surface area contributed by atoms with Gasteiger partial charge in [-0.2, -0.15) is 4.31 Å². The number of hydrogen-bond acceptors (Lipinski definition) is 5. The van der Waals surface area contributed by atoms with Crippen molar-refractivity contribution in [3.05, 3.63) is 18.3 Å². The summed E-state index contributed by atoms with van der Waals surface area (Å²) in [5.41, 5.74) is 0. The minimum absolute atomic E-state index is 0.0164. The van der Waals surface area contributed by atoms with Gasteiger partial charge in [-0.1, -0.05) is 44.9 Å². The van der Waals surface area contributed by atoms with E-state index in [4.69, 9.17) is 0 Å². The Morgan fingerprint density at radius 1 is 1.18 bits per heavy atom. The van der Waals surface area contributed by atoms with Crippen molar-refractivity contribution in [3.8, 4) is 0 Å². The molecule has 3 atom stereocenters. The van der Waals surface area contributed by atoms with Crippen molar-refractivity contribution in [3.63, 3.8) is 0 Å². The van der Waals surface area contributed by atoms with Crippen LogP contribution in [0.15, 0.2) is 28.3 Å². The molecule has 1 saturated carbocycles. The van der Waals surface area contributed by atoms with Crippen molar-refractivity contribution in [2.75, 3.05) is 18.8 Å². The fourth-order valence-electron chi connectivity index (χ4n) is 4.03. The predicted octanol–water partition coefficient (Wildman–Crippen LogP) is 3.29. The van der Waals surface area contributed by atoms with Crippen LogP contribution in [0, 0.1) is 11.8 Å². The first kappa shape index (κ1) is 21.6. The molecule has 2 heterocycles. The van der Waals surface area contributed by atoms with Gasteiger partial charge in [0.15, 0.2) is 0 Å². The number of sulfonamides is 1. The molecular formula is C20H31N3O3S2. The Bertz CT molecular complexity index is 761. The summed E-state index contributed by atoms with van der Waals surface area (Å²) < 4.78 is 26.9. The first-order chi connectivity index (χ1) is 13.4. The second kappa shape index (κ2) is 9.59. The molecule has 0 unspecified atom stereocenters. The second-order valence-electron chi connectivity index (χ2n) is 8.03. The van der Waals surface area contributed by atoms with E-state index >= 15 is 0 Å². The highest BCUT2D eigenvalue weighted by Gasteiger charge is 2.28. The van der Waals surface area contributed by atoms with Gasteiger partial charge in [0.2, 0.25) is 15.9 Å². The Morgan fingerprint density at radius 3 is 2.61 bits per heavy atom. The lowest BCUT2D eigenvalue weighted by Gasteiger charge is -2.34. The second-order valence-corrected chi connectivity index (χ2v) is 11.0. The van der Waals surface area contributed by atoms with Gasteiger partial charge in [-0.05, 0) is 43.2 Å². The normalized spacial score (nSPS) is 26.7. The van der Waals surface area contributed by atoms with Crippen LogP contribution in [0.1, 0.15) is 52.4 Å². The maximum absolute atomic E-state index is 12.7. The summed E-state index contributed by atoms with van der Waals surface area (Å²) in [4.78, 5) is 16.8. The van der Waals surface area contributed by atoms with E-state index in [2.05, 4.69) is 24.1 Å². The fraction of sp³-hybridized carbons (Fsp3) is 0.700. The monoisotopic (exact) mass is 425 g/mol. The van der Waals surface area contributed by atoms with Crippen molar-refractivity contribution in [1.82, 2.24) is 14.6 Å². The van der Waals surface area contributed by atoms with Crippen LogP contribution in [0.25, 0.3) is 0 Å². The van der Waals surface area contributed by atoms with Crippen LogP contribution >= 0.6 is 11.8 Å². The van der Waals surface area contributed by atoms with E-state index in [1.165, 1.54) is 24.4 Å². The zero-order chi connectivity index (χ0) is 20.1. The van der Waals surface area contributed by atoms with Crippen LogP contribution in [0.4, 0.5) is 0 Å². The molecule has 0 bridgehead atoms. The van der Waals surface area contributed by atoms with Crippen molar-refractivity contribution < 1.29 is 13.2 Å². The maximum Gasteiger partial charge on any atom is 0.244 e. The number of carbonyl (C=O) groups is 1. The van der Waals surface area contributed by atoms with Gasteiger partial charge < -0.3 is 5.32 Å². The topological polar surface area (TPSA) is 79.4 Å². The molecule has 2 aliphatic rings. The Labute approximate surface area is 172 Å². The van der Waals surface area contributed by atoms with Gasteiger partial charge in [0, 0.05) is 25.3 Å². The molecule has 1 saturated heterocycles. The lowest BCUT2D eigenvalue weighted by atomic mass is 9.78. The summed E-state index contributed by atoms with van der Waals surface area (Å²) in [5, 5.41) is 3.82. The molecule has 1 N–H and O–H groups in total. The van der Waals surface area contributed by atoms with Crippen molar-refractivity contribution in [2.24, 2.45) is 11.8 Å². The molecule has 0 aromatic carbocycles. The number of aromatic nitrogens is 1.